The number of hydrogen-bond acceptors (Lipinski definition) is 9. The van der Waals surface area contributed by atoms with Crippen molar-refractivity contribution in [3.8, 4) is 6.07 Å². The maximum Gasteiger partial charge on any atom is 0.0717 e. The molecule has 0 aromatic rings. The second kappa shape index (κ2) is 12.6. The SMILES string of the molecule is CSC1=C(SC)SC(=C2SC(SCCC#N)=C(SCCCI)S2)S1. The summed E-state index contributed by atoms with van der Waals surface area (Å²) >= 11 is 17.7. The molecule has 0 spiro atoms. The first-order valence-electron chi connectivity index (χ1n) is 6.94. The van der Waals surface area contributed by atoms with Gasteiger partial charge in [0.05, 0.1) is 31.5 Å². The summed E-state index contributed by atoms with van der Waals surface area (Å²) in [4.78, 5) is 0. The van der Waals surface area contributed by atoms with Gasteiger partial charge in [-0.3, -0.25) is 0 Å². The van der Waals surface area contributed by atoms with Crippen LogP contribution in [0.25, 0.3) is 0 Å². The van der Waals surface area contributed by atoms with Gasteiger partial charge in [-0.05, 0) is 24.7 Å². The number of nitrogens with zero attached hydrogens (tertiary/aromatic N) is 1. The largest absolute Gasteiger partial charge is 0.198 e. The van der Waals surface area contributed by atoms with Crippen LogP contribution in [-0.2, 0) is 0 Å². The van der Waals surface area contributed by atoms with Crippen molar-refractivity contribution in [3.63, 3.8) is 0 Å². The van der Waals surface area contributed by atoms with Gasteiger partial charge >= 0.3 is 0 Å². The van der Waals surface area contributed by atoms with E-state index in [0.29, 0.717) is 6.42 Å². The molecule has 0 aliphatic carbocycles. The Labute approximate surface area is 192 Å². The first kappa shape index (κ1) is 22.5. The van der Waals surface area contributed by atoms with Crippen LogP contribution in [0.5, 0.6) is 0 Å². The standard InChI is InChI=1S/C14H16INS8/c1-17-9-10(18-2)22-13(21-9)14-23-11(19-7-3-5-15)12(24-14)20-8-4-6-16/h3-5,7-8H2,1-2H3. The second-order valence-electron chi connectivity index (χ2n) is 4.19. The Morgan fingerprint density at radius 3 is 1.83 bits per heavy atom. The molecule has 0 radical (unpaired) electrons. The Hall–Kier alpha value is 2.24. The van der Waals surface area contributed by atoms with Crippen LogP contribution >= 0.6 is 117 Å². The first-order chi connectivity index (χ1) is 11.7. The molecular formula is C14H16INS8. The monoisotopic (exact) mass is 581 g/mol. The molecule has 0 unspecified atom stereocenters. The Morgan fingerprint density at radius 2 is 1.38 bits per heavy atom. The van der Waals surface area contributed by atoms with Crippen molar-refractivity contribution < 1.29 is 0 Å². The second-order valence-corrected chi connectivity index (χ2v) is 14.7. The summed E-state index contributed by atoms with van der Waals surface area (Å²) in [7, 11) is 0. The first-order valence-corrected chi connectivity index (χ1v) is 16.2. The number of rotatable bonds is 9. The lowest BCUT2D eigenvalue weighted by molar-refractivity contribution is 1.15. The third kappa shape index (κ3) is 6.69. The molecule has 10 heteroatoms. The fraction of sp³-hybridized carbons (Fsp3) is 0.500. The Bertz CT molecular complexity index is 574. The molecule has 2 heterocycles. The smallest absolute Gasteiger partial charge is 0.0717 e. The fourth-order valence-electron chi connectivity index (χ4n) is 1.55. The zero-order valence-corrected chi connectivity index (χ0v) is 21.8. The van der Waals surface area contributed by atoms with Crippen LogP contribution in [-0.4, -0.2) is 28.4 Å². The van der Waals surface area contributed by atoms with Gasteiger partial charge in [0, 0.05) is 16.6 Å². The van der Waals surface area contributed by atoms with E-state index in [0.717, 1.165) is 5.75 Å². The van der Waals surface area contributed by atoms with E-state index in [1.807, 2.05) is 94.1 Å². The molecule has 132 valence electrons. The van der Waals surface area contributed by atoms with E-state index >= 15 is 0 Å². The van der Waals surface area contributed by atoms with Gasteiger partial charge in [-0.25, -0.2) is 0 Å². The maximum atomic E-state index is 8.79. The summed E-state index contributed by atoms with van der Waals surface area (Å²) in [5, 5.41) is 8.79. The Balaban J connectivity index is 2.06. The molecule has 0 fully saturated rings. The highest BCUT2D eigenvalue weighted by Gasteiger charge is 2.29. The molecule has 0 atom stereocenters. The molecule has 0 aromatic heterocycles. The quantitative estimate of drug-likeness (QED) is 0.151. The predicted octanol–water partition coefficient (Wildman–Crippen LogP) is 8.26. The van der Waals surface area contributed by atoms with E-state index in [-0.39, 0.29) is 0 Å². The summed E-state index contributed by atoms with van der Waals surface area (Å²) in [6, 6.07) is 2.25. The number of hydrogen-bond donors (Lipinski definition) is 0. The minimum atomic E-state index is 0.620. The molecule has 0 saturated carbocycles. The van der Waals surface area contributed by atoms with E-state index in [1.165, 1.54) is 42.0 Å². The lowest BCUT2D eigenvalue weighted by Gasteiger charge is -2.02. The van der Waals surface area contributed by atoms with E-state index in [9.17, 15) is 0 Å². The van der Waals surface area contributed by atoms with Crippen LogP contribution in [0, 0.1) is 11.3 Å². The summed E-state index contributed by atoms with van der Waals surface area (Å²) in [6.07, 6.45) is 6.19. The minimum Gasteiger partial charge on any atom is -0.198 e. The zero-order valence-electron chi connectivity index (χ0n) is 13.1. The highest BCUT2D eigenvalue weighted by atomic mass is 127. The molecule has 0 saturated heterocycles. The van der Waals surface area contributed by atoms with Crippen LogP contribution in [0.3, 0.4) is 0 Å². The van der Waals surface area contributed by atoms with Gasteiger partial charge in [-0.2, -0.15) is 5.26 Å². The van der Waals surface area contributed by atoms with Crippen molar-refractivity contribution in [2.75, 3.05) is 28.4 Å². The van der Waals surface area contributed by atoms with Crippen LogP contribution in [0.1, 0.15) is 12.8 Å². The van der Waals surface area contributed by atoms with Crippen molar-refractivity contribution in [2.24, 2.45) is 0 Å². The average Bonchev–Trinajstić information content (AvgIpc) is 3.19. The Morgan fingerprint density at radius 1 is 0.875 bits per heavy atom. The van der Waals surface area contributed by atoms with Crippen molar-refractivity contribution in [1.82, 2.24) is 0 Å². The average molecular weight is 582 g/mol. The van der Waals surface area contributed by atoms with E-state index < -0.39 is 0 Å². The van der Waals surface area contributed by atoms with Crippen LogP contribution in [0.15, 0.2) is 25.4 Å². The van der Waals surface area contributed by atoms with Gasteiger partial charge < -0.3 is 0 Å². The van der Waals surface area contributed by atoms with Crippen molar-refractivity contribution in [1.29, 1.82) is 5.26 Å². The maximum absolute atomic E-state index is 8.79. The summed E-state index contributed by atoms with van der Waals surface area (Å²) in [6.45, 7) is 0. The molecule has 1 nitrogen and oxygen atoms in total. The number of thioether (sulfide) groups is 8. The van der Waals surface area contributed by atoms with Gasteiger partial charge in [0.15, 0.2) is 0 Å². The molecular weight excluding hydrogens is 566 g/mol. The van der Waals surface area contributed by atoms with Crippen molar-refractivity contribution >= 4 is 117 Å². The number of alkyl halides is 1. The van der Waals surface area contributed by atoms with Gasteiger partial charge in [0.1, 0.15) is 0 Å². The van der Waals surface area contributed by atoms with Crippen molar-refractivity contribution in [3.05, 3.63) is 25.4 Å². The van der Waals surface area contributed by atoms with Gasteiger partial charge in [0.2, 0.25) is 0 Å². The lowest BCUT2D eigenvalue weighted by Crippen LogP contribution is -1.81. The topological polar surface area (TPSA) is 23.8 Å². The minimum absolute atomic E-state index is 0.620. The normalized spacial score (nSPS) is 18.1. The lowest BCUT2D eigenvalue weighted by atomic mass is 10.6. The van der Waals surface area contributed by atoms with E-state index in [2.05, 4.69) is 41.2 Å². The van der Waals surface area contributed by atoms with Crippen molar-refractivity contribution in [2.45, 2.75) is 12.8 Å². The molecule has 0 N–H and O–H groups in total. The van der Waals surface area contributed by atoms with Crippen LogP contribution < -0.4 is 0 Å². The highest BCUT2D eigenvalue weighted by Crippen LogP contribution is 2.65. The van der Waals surface area contributed by atoms with Gasteiger partial charge in [-0.1, -0.05) is 69.6 Å². The summed E-state index contributed by atoms with van der Waals surface area (Å²) in [5.74, 6) is 2.07. The van der Waals surface area contributed by atoms with E-state index in [1.54, 1.807) is 0 Å². The Kier molecular flexibility index (Phi) is 11.9. The number of nitriles is 1. The zero-order chi connectivity index (χ0) is 17.4. The molecule has 24 heavy (non-hydrogen) atoms. The molecule has 0 aromatic carbocycles. The molecule has 2 aliphatic heterocycles. The van der Waals surface area contributed by atoms with Crippen LogP contribution in [0.4, 0.5) is 0 Å². The van der Waals surface area contributed by atoms with Gasteiger partial charge in [0.25, 0.3) is 0 Å². The van der Waals surface area contributed by atoms with E-state index in [4.69, 9.17) is 5.26 Å². The molecule has 0 bridgehead atoms. The summed E-state index contributed by atoms with van der Waals surface area (Å²) in [5.41, 5.74) is 0. The molecule has 2 rings (SSSR count). The third-order valence-electron chi connectivity index (χ3n) is 2.57. The highest BCUT2D eigenvalue weighted by molar-refractivity contribution is 14.1. The molecule has 0 amide bonds. The number of halogens is 1. The predicted molar refractivity (Wildman–Crippen MR) is 137 cm³/mol. The third-order valence-corrected chi connectivity index (χ3v) is 14.7. The van der Waals surface area contributed by atoms with Gasteiger partial charge in [-0.15, -0.1) is 47.0 Å². The molecule has 2 aliphatic rings. The summed E-state index contributed by atoms with van der Waals surface area (Å²) < 4.78 is 9.78. The van der Waals surface area contributed by atoms with Crippen LogP contribution in [0.2, 0.25) is 0 Å². The fourth-order valence-corrected chi connectivity index (χ4v) is 13.5.